The predicted molar refractivity (Wildman–Crippen MR) is 95.6 cm³/mol. The first kappa shape index (κ1) is 19.5. The molecule has 0 aromatic heterocycles. The van der Waals surface area contributed by atoms with Crippen LogP contribution in [0.4, 0.5) is 9.18 Å². The highest BCUT2D eigenvalue weighted by molar-refractivity contribution is 6.01. The average Bonchev–Trinajstić information content (AvgIpc) is 2.93. The lowest BCUT2D eigenvalue weighted by Crippen LogP contribution is -2.40. The van der Waals surface area contributed by atoms with Crippen LogP contribution in [0, 0.1) is 5.82 Å². The molecular weight excluding hydrogens is 341 g/mol. The highest BCUT2D eigenvalue weighted by Crippen LogP contribution is 2.21. The van der Waals surface area contributed by atoms with E-state index >= 15 is 0 Å². The van der Waals surface area contributed by atoms with Gasteiger partial charge in [-0.3, -0.25) is 14.7 Å². The summed E-state index contributed by atoms with van der Waals surface area (Å²) in [5, 5.41) is 8.72. The summed E-state index contributed by atoms with van der Waals surface area (Å²) < 4.78 is 18.8. The number of rotatable bonds is 7. The van der Waals surface area contributed by atoms with Crippen LogP contribution in [0.25, 0.3) is 0 Å². The van der Waals surface area contributed by atoms with Gasteiger partial charge in [0, 0.05) is 6.54 Å². The van der Waals surface area contributed by atoms with Crippen molar-refractivity contribution >= 4 is 17.9 Å². The van der Waals surface area contributed by atoms with E-state index in [2.05, 4.69) is 20.9 Å². The lowest BCUT2D eigenvalue weighted by molar-refractivity contribution is -0.124. The molecule has 0 radical (unpaired) electrons. The van der Waals surface area contributed by atoms with Gasteiger partial charge in [0.15, 0.2) is 17.5 Å². The molecule has 2 rings (SSSR count). The first-order chi connectivity index (χ1) is 12.5. The van der Waals surface area contributed by atoms with Crippen molar-refractivity contribution < 1.29 is 18.7 Å². The number of nitrogens with one attached hydrogen (secondary N) is 3. The van der Waals surface area contributed by atoms with Gasteiger partial charge >= 0.3 is 6.03 Å². The van der Waals surface area contributed by atoms with Gasteiger partial charge in [0.25, 0.3) is 0 Å². The van der Waals surface area contributed by atoms with E-state index in [4.69, 9.17) is 4.74 Å². The molecule has 1 aliphatic rings. The maximum Gasteiger partial charge on any atom is 0.324 e. The minimum atomic E-state index is -0.431. The second-order valence-electron chi connectivity index (χ2n) is 5.72. The van der Waals surface area contributed by atoms with Gasteiger partial charge in [0.2, 0.25) is 5.91 Å². The molecule has 0 spiro atoms. The summed E-state index contributed by atoms with van der Waals surface area (Å²) in [5.41, 5.74) is 0.739. The van der Waals surface area contributed by atoms with Crippen LogP contribution in [0.1, 0.15) is 25.5 Å². The van der Waals surface area contributed by atoms with Crippen LogP contribution in [0.15, 0.2) is 23.2 Å². The van der Waals surface area contributed by atoms with Gasteiger partial charge in [-0.05, 0) is 31.5 Å². The first-order valence-corrected chi connectivity index (χ1v) is 8.42. The van der Waals surface area contributed by atoms with Gasteiger partial charge in [-0.25, -0.2) is 9.18 Å². The third-order valence-electron chi connectivity index (χ3n) is 3.90. The molecule has 9 heteroatoms. The number of urea groups is 1. The smallest absolute Gasteiger partial charge is 0.324 e. The summed E-state index contributed by atoms with van der Waals surface area (Å²) in [5.74, 6) is 0.0164. The number of guanidine groups is 1. The zero-order valence-corrected chi connectivity index (χ0v) is 15.1. The molecule has 1 aliphatic heterocycles. The van der Waals surface area contributed by atoms with Crippen LogP contribution in [0.2, 0.25) is 0 Å². The minimum absolute atomic E-state index is 0.0287. The van der Waals surface area contributed by atoms with Gasteiger partial charge in [0.1, 0.15) is 0 Å². The Morgan fingerprint density at radius 3 is 2.81 bits per heavy atom. The second-order valence-corrected chi connectivity index (χ2v) is 5.72. The normalized spacial score (nSPS) is 15.7. The van der Waals surface area contributed by atoms with Crippen molar-refractivity contribution in [3.63, 3.8) is 0 Å². The Hall–Kier alpha value is -2.84. The molecular formula is C17H24FN5O3. The molecule has 1 fully saturated rings. The molecule has 1 heterocycles. The van der Waals surface area contributed by atoms with Crippen LogP contribution >= 0.6 is 0 Å². The molecule has 3 amide bonds. The highest BCUT2D eigenvalue weighted by atomic mass is 19.1. The Morgan fingerprint density at radius 2 is 2.23 bits per heavy atom. The number of methoxy groups -OCH3 is 1. The number of carbonyl (C=O) groups is 2. The van der Waals surface area contributed by atoms with Crippen LogP contribution in [0.5, 0.6) is 5.75 Å². The fraction of sp³-hybridized carbons (Fsp3) is 0.471. The van der Waals surface area contributed by atoms with Crippen molar-refractivity contribution in [2.24, 2.45) is 4.99 Å². The number of ether oxygens (including phenoxy) is 1. The van der Waals surface area contributed by atoms with Crippen molar-refractivity contribution in [2.75, 3.05) is 33.3 Å². The summed E-state index contributed by atoms with van der Waals surface area (Å²) >= 11 is 0. The number of halogens is 1. The van der Waals surface area contributed by atoms with E-state index < -0.39 is 11.8 Å². The maximum absolute atomic E-state index is 13.9. The molecule has 0 bridgehead atoms. The Labute approximate surface area is 151 Å². The second kappa shape index (κ2) is 9.02. The summed E-state index contributed by atoms with van der Waals surface area (Å²) in [6.45, 7) is 4.93. The fourth-order valence-corrected chi connectivity index (χ4v) is 2.50. The van der Waals surface area contributed by atoms with Crippen LogP contribution in [-0.4, -0.2) is 56.1 Å². The summed E-state index contributed by atoms with van der Waals surface area (Å²) in [6.07, 6.45) is 0. The first-order valence-electron chi connectivity index (χ1n) is 8.42. The number of benzene rings is 1. The highest BCUT2D eigenvalue weighted by Gasteiger charge is 2.27. The fourth-order valence-electron chi connectivity index (χ4n) is 2.50. The van der Waals surface area contributed by atoms with Crippen LogP contribution in [-0.2, 0) is 4.79 Å². The van der Waals surface area contributed by atoms with E-state index in [1.807, 2.05) is 13.8 Å². The molecule has 1 saturated heterocycles. The van der Waals surface area contributed by atoms with Gasteiger partial charge in [-0.2, -0.15) is 0 Å². The van der Waals surface area contributed by atoms with Gasteiger partial charge in [-0.15, -0.1) is 0 Å². The predicted octanol–water partition coefficient (Wildman–Crippen LogP) is 1.00. The molecule has 0 saturated carbocycles. The molecule has 1 atom stereocenters. The van der Waals surface area contributed by atoms with Crippen molar-refractivity contribution in [1.29, 1.82) is 0 Å². The minimum Gasteiger partial charge on any atom is -0.494 e. The zero-order chi connectivity index (χ0) is 19.1. The SMILES string of the molecule is CCNC(=NCCN1C(=O)CNC1=O)NC(C)c1ccc(OC)c(F)c1. The topological polar surface area (TPSA) is 95.1 Å². The molecule has 1 aromatic rings. The molecule has 0 aliphatic carbocycles. The Balaban J connectivity index is 1.98. The van der Waals surface area contributed by atoms with Gasteiger partial charge in [0.05, 0.1) is 32.8 Å². The van der Waals surface area contributed by atoms with Crippen molar-refractivity contribution in [3.05, 3.63) is 29.6 Å². The van der Waals surface area contributed by atoms with Crippen LogP contribution < -0.4 is 20.7 Å². The zero-order valence-electron chi connectivity index (χ0n) is 15.1. The molecule has 3 N–H and O–H groups in total. The summed E-state index contributed by atoms with van der Waals surface area (Å²) in [4.78, 5) is 28.6. The molecule has 142 valence electrons. The Kier molecular flexibility index (Phi) is 6.76. The van der Waals surface area contributed by atoms with Crippen molar-refractivity contribution in [3.8, 4) is 5.75 Å². The van der Waals surface area contributed by atoms with Crippen molar-refractivity contribution in [1.82, 2.24) is 20.9 Å². The average molecular weight is 365 g/mol. The van der Waals surface area contributed by atoms with E-state index in [0.29, 0.717) is 12.5 Å². The number of hydrogen-bond donors (Lipinski definition) is 3. The monoisotopic (exact) mass is 365 g/mol. The number of amides is 3. The quantitative estimate of drug-likeness (QED) is 0.381. The van der Waals surface area contributed by atoms with Crippen LogP contribution in [0.3, 0.4) is 0 Å². The Morgan fingerprint density at radius 1 is 1.46 bits per heavy atom. The summed E-state index contributed by atoms with van der Waals surface area (Å²) in [7, 11) is 1.42. The molecule has 1 unspecified atom stereocenters. The number of carbonyl (C=O) groups excluding carboxylic acids is 2. The van der Waals surface area contributed by atoms with E-state index in [1.54, 1.807) is 12.1 Å². The van der Waals surface area contributed by atoms with Gasteiger partial charge < -0.3 is 20.7 Å². The van der Waals surface area contributed by atoms with E-state index in [1.165, 1.54) is 13.2 Å². The number of hydrogen-bond acceptors (Lipinski definition) is 4. The molecule has 1 aromatic carbocycles. The third-order valence-corrected chi connectivity index (χ3v) is 3.90. The van der Waals surface area contributed by atoms with E-state index in [0.717, 1.165) is 10.5 Å². The van der Waals surface area contributed by atoms with E-state index in [-0.39, 0.29) is 37.3 Å². The number of aliphatic imine (C=N–C) groups is 1. The number of nitrogens with zero attached hydrogens (tertiary/aromatic N) is 2. The lowest BCUT2D eigenvalue weighted by Gasteiger charge is -2.19. The maximum atomic E-state index is 13.9. The van der Waals surface area contributed by atoms with E-state index in [9.17, 15) is 14.0 Å². The third kappa shape index (κ3) is 4.84. The Bertz CT molecular complexity index is 679. The van der Waals surface area contributed by atoms with Gasteiger partial charge in [-0.1, -0.05) is 6.07 Å². The standard InChI is InChI=1S/C17H24FN5O3/c1-4-19-16(20-7-8-23-15(24)10-21-17(23)25)22-11(2)12-5-6-14(26-3)13(18)9-12/h5-6,9,11H,4,7-8,10H2,1-3H3,(H,21,25)(H2,19,20,22). The largest absolute Gasteiger partial charge is 0.494 e. The lowest BCUT2D eigenvalue weighted by atomic mass is 10.1. The van der Waals surface area contributed by atoms with Crippen molar-refractivity contribution in [2.45, 2.75) is 19.9 Å². The molecule has 8 nitrogen and oxygen atoms in total. The summed E-state index contributed by atoms with van der Waals surface area (Å²) in [6, 6.07) is 4.16. The molecule has 26 heavy (non-hydrogen) atoms. The number of imide groups is 1.